The second-order valence-corrected chi connectivity index (χ2v) is 6.32. The summed E-state index contributed by atoms with van der Waals surface area (Å²) in [6, 6.07) is 10.9. The molecule has 0 N–H and O–H groups in total. The fourth-order valence-electron chi connectivity index (χ4n) is 2.77. The van der Waals surface area contributed by atoms with Crippen molar-refractivity contribution < 1.29 is 28.2 Å². The summed E-state index contributed by atoms with van der Waals surface area (Å²) < 4.78 is 29.7. The van der Waals surface area contributed by atoms with Gasteiger partial charge in [-0.05, 0) is 36.8 Å². The van der Waals surface area contributed by atoms with Crippen molar-refractivity contribution >= 4 is 17.6 Å². The number of esters is 1. The van der Waals surface area contributed by atoms with Gasteiger partial charge in [-0.3, -0.25) is 4.79 Å². The van der Waals surface area contributed by atoms with E-state index >= 15 is 0 Å². The number of hydrogen-bond donors (Lipinski definition) is 0. The summed E-state index contributed by atoms with van der Waals surface area (Å²) in [5.41, 5.74) is 0.912. The minimum atomic E-state index is -0.806. The molecule has 2 aromatic rings. The summed E-state index contributed by atoms with van der Waals surface area (Å²) in [5.74, 6) is -0.786. The zero-order chi connectivity index (χ0) is 20.8. The van der Waals surface area contributed by atoms with Gasteiger partial charge in [0.1, 0.15) is 19.0 Å². The maximum atomic E-state index is 13.6. The van der Waals surface area contributed by atoms with Gasteiger partial charge in [0.05, 0.1) is 18.1 Å². The third-order valence-corrected chi connectivity index (χ3v) is 4.32. The molecular formula is C21H19FN2O5. The van der Waals surface area contributed by atoms with Gasteiger partial charge in [0, 0.05) is 18.3 Å². The SMILES string of the molecule is Cc1ccc(C(=O)OCC(=O)N(CCC#N)c2ccc3c(c2)OCCO3)cc1F. The highest BCUT2D eigenvalue weighted by atomic mass is 19.1. The molecule has 1 aliphatic heterocycles. The van der Waals surface area contributed by atoms with Gasteiger partial charge in [0.2, 0.25) is 0 Å². The van der Waals surface area contributed by atoms with E-state index in [4.69, 9.17) is 19.5 Å². The number of amides is 1. The topological polar surface area (TPSA) is 88.9 Å². The number of carbonyl (C=O) groups is 2. The number of carbonyl (C=O) groups excluding carboxylic acids is 2. The number of nitrogens with zero attached hydrogens (tertiary/aromatic N) is 2. The molecule has 1 heterocycles. The van der Waals surface area contributed by atoms with Gasteiger partial charge in [-0.15, -0.1) is 0 Å². The maximum Gasteiger partial charge on any atom is 0.338 e. The Kier molecular flexibility index (Phi) is 6.29. The van der Waals surface area contributed by atoms with Crippen LogP contribution in [0.25, 0.3) is 0 Å². The Morgan fingerprint density at radius 1 is 1.17 bits per heavy atom. The molecule has 7 nitrogen and oxygen atoms in total. The van der Waals surface area contributed by atoms with Gasteiger partial charge in [0.15, 0.2) is 18.1 Å². The molecule has 0 fully saturated rings. The van der Waals surface area contributed by atoms with Crippen LogP contribution in [-0.4, -0.2) is 38.2 Å². The Morgan fingerprint density at radius 2 is 1.93 bits per heavy atom. The number of benzene rings is 2. The number of ether oxygens (including phenoxy) is 3. The Hall–Kier alpha value is -3.60. The zero-order valence-corrected chi connectivity index (χ0v) is 15.8. The van der Waals surface area contributed by atoms with Gasteiger partial charge in [-0.2, -0.15) is 5.26 Å². The van der Waals surface area contributed by atoms with Crippen LogP contribution in [0.5, 0.6) is 11.5 Å². The number of rotatable bonds is 6. The van der Waals surface area contributed by atoms with Crippen molar-refractivity contribution in [2.75, 3.05) is 31.3 Å². The van der Waals surface area contributed by atoms with Crippen LogP contribution in [0.2, 0.25) is 0 Å². The van der Waals surface area contributed by atoms with Crippen LogP contribution < -0.4 is 14.4 Å². The fourth-order valence-corrected chi connectivity index (χ4v) is 2.77. The van der Waals surface area contributed by atoms with Gasteiger partial charge >= 0.3 is 5.97 Å². The molecule has 29 heavy (non-hydrogen) atoms. The molecule has 0 aliphatic carbocycles. The normalized spacial score (nSPS) is 12.0. The number of fused-ring (bicyclic) bond motifs is 1. The molecule has 0 radical (unpaired) electrons. The first-order chi connectivity index (χ1) is 14.0. The van der Waals surface area contributed by atoms with Crippen LogP contribution >= 0.6 is 0 Å². The molecule has 0 spiro atoms. The van der Waals surface area contributed by atoms with Crippen molar-refractivity contribution in [1.29, 1.82) is 5.26 Å². The van der Waals surface area contributed by atoms with Gasteiger partial charge in [0.25, 0.3) is 5.91 Å². The van der Waals surface area contributed by atoms with E-state index in [1.165, 1.54) is 17.0 Å². The van der Waals surface area contributed by atoms with Crippen LogP contribution in [0.1, 0.15) is 22.3 Å². The highest BCUT2D eigenvalue weighted by Gasteiger charge is 2.21. The Labute approximate surface area is 167 Å². The Morgan fingerprint density at radius 3 is 2.66 bits per heavy atom. The standard InChI is InChI=1S/C21H19FN2O5/c1-14-3-4-15(11-17(14)22)21(26)29-13-20(25)24(8-2-7-23)16-5-6-18-19(12-16)28-10-9-27-18/h3-6,11-12H,2,8-10,13H2,1H3. The molecule has 0 saturated heterocycles. The minimum Gasteiger partial charge on any atom is -0.486 e. The molecule has 1 amide bonds. The summed E-state index contributed by atoms with van der Waals surface area (Å²) in [4.78, 5) is 26.1. The van der Waals surface area contributed by atoms with Crippen molar-refractivity contribution in [3.05, 3.63) is 53.3 Å². The lowest BCUT2D eigenvalue weighted by Gasteiger charge is -2.24. The maximum absolute atomic E-state index is 13.6. The largest absolute Gasteiger partial charge is 0.486 e. The molecule has 0 atom stereocenters. The van der Waals surface area contributed by atoms with E-state index in [0.29, 0.717) is 36.0 Å². The fraction of sp³-hybridized carbons (Fsp3) is 0.286. The average Bonchev–Trinajstić information content (AvgIpc) is 2.74. The van der Waals surface area contributed by atoms with Crippen molar-refractivity contribution in [3.8, 4) is 17.6 Å². The Bertz CT molecular complexity index is 970. The second-order valence-electron chi connectivity index (χ2n) is 6.32. The molecular weight excluding hydrogens is 379 g/mol. The zero-order valence-electron chi connectivity index (χ0n) is 15.8. The van der Waals surface area contributed by atoms with E-state index in [1.54, 1.807) is 25.1 Å². The molecule has 0 unspecified atom stereocenters. The predicted molar refractivity (Wildman–Crippen MR) is 101 cm³/mol. The molecule has 2 aromatic carbocycles. The monoisotopic (exact) mass is 398 g/mol. The van der Waals surface area contributed by atoms with Crippen molar-refractivity contribution in [3.63, 3.8) is 0 Å². The average molecular weight is 398 g/mol. The number of halogens is 1. The molecule has 0 bridgehead atoms. The number of aryl methyl sites for hydroxylation is 1. The first kappa shape index (κ1) is 20.1. The highest BCUT2D eigenvalue weighted by molar-refractivity contribution is 5.97. The quantitative estimate of drug-likeness (QED) is 0.695. The first-order valence-electron chi connectivity index (χ1n) is 9.00. The van der Waals surface area contributed by atoms with E-state index in [0.717, 1.165) is 6.07 Å². The molecule has 3 rings (SSSR count). The lowest BCUT2D eigenvalue weighted by atomic mass is 10.1. The molecule has 0 aromatic heterocycles. The summed E-state index contributed by atoms with van der Waals surface area (Å²) in [5, 5.41) is 8.90. The lowest BCUT2D eigenvalue weighted by Crippen LogP contribution is -2.35. The smallest absolute Gasteiger partial charge is 0.338 e. The van der Waals surface area contributed by atoms with Crippen LogP contribution in [-0.2, 0) is 9.53 Å². The number of anilines is 1. The van der Waals surface area contributed by atoms with Gasteiger partial charge in [-0.1, -0.05) is 6.07 Å². The summed E-state index contributed by atoms with van der Waals surface area (Å²) in [6.45, 7) is 1.99. The summed E-state index contributed by atoms with van der Waals surface area (Å²) in [7, 11) is 0. The first-order valence-corrected chi connectivity index (χ1v) is 9.00. The number of hydrogen-bond acceptors (Lipinski definition) is 6. The van der Waals surface area contributed by atoms with E-state index in [-0.39, 0.29) is 18.5 Å². The van der Waals surface area contributed by atoms with E-state index < -0.39 is 24.3 Å². The van der Waals surface area contributed by atoms with Crippen molar-refractivity contribution in [2.45, 2.75) is 13.3 Å². The Balaban J connectivity index is 1.71. The molecule has 1 aliphatic rings. The van der Waals surface area contributed by atoms with Crippen LogP contribution in [0.4, 0.5) is 10.1 Å². The number of nitriles is 1. The third kappa shape index (κ3) is 4.82. The van der Waals surface area contributed by atoms with Crippen LogP contribution in [0.15, 0.2) is 36.4 Å². The van der Waals surface area contributed by atoms with Crippen LogP contribution in [0.3, 0.4) is 0 Å². The van der Waals surface area contributed by atoms with E-state index in [9.17, 15) is 14.0 Å². The molecule has 0 saturated carbocycles. The van der Waals surface area contributed by atoms with E-state index in [1.807, 2.05) is 6.07 Å². The second kappa shape index (κ2) is 9.06. The van der Waals surface area contributed by atoms with Crippen molar-refractivity contribution in [2.24, 2.45) is 0 Å². The van der Waals surface area contributed by atoms with E-state index in [2.05, 4.69) is 0 Å². The third-order valence-electron chi connectivity index (χ3n) is 4.32. The highest BCUT2D eigenvalue weighted by Crippen LogP contribution is 2.34. The summed E-state index contributed by atoms with van der Waals surface area (Å²) in [6.07, 6.45) is 0.0945. The van der Waals surface area contributed by atoms with Crippen molar-refractivity contribution in [1.82, 2.24) is 0 Å². The molecule has 8 heteroatoms. The van der Waals surface area contributed by atoms with Gasteiger partial charge in [-0.25, -0.2) is 9.18 Å². The lowest BCUT2D eigenvalue weighted by molar-refractivity contribution is -0.121. The summed E-state index contributed by atoms with van der Waals surface area (Å²) >= 11 is 0. The molecule has 150 valence electrons. The predicted octanol–water partition coefficient (Wildman–Crippen LogP) is 3.01. The van der Waals surface area contributed by atoms with Crippen LogP contribution in [0, 0.1) is 24.1 Å². The van der Waals surface area contributed by atoms with Gasteiger partial charge < -0.3 is 19.1 Å². The minimum absolute atomic E-state index is 0.0174.